The first-order valence-corrected chi connectivity index (χ1v) is 10.7. The van der Waals surface area contributed by atoms with E-state index in [2.05, 4.69) is 36.1 Å². The lowest BCUT2D eigenvalue weighted by atomic mass is 9.84. The second kappa shape index (κ2) is 9.90. The topological polar surface area (TPSA) is 49.9 Å². The monoisotopic (exact) mass is 408 g/mol. The van der Waals surface area contributed by atoms with Crippen molar-refractivity contribution in [2.24, 2.45) is 0 Å². The number of benzene rings is 2. The lowest BCUT2D eigenvalue weighted by molar-refractivity contribution is -0.151. The Morgan fingerprint density at radius 1 is 1.07 bits per heavy atom. The summed E-state index contributed by atoms with van der Waals surface area (Å²) in [7, 11) is 1.41. The van der Waals surface area contributed by atoms with Crippen LogP contribution in [0.25, 0.3) is 0 Å². The van der Waals surface area contributed by atoms with E-state index in [1.807, 2.05) is 37.3 Å². The van der Waals surface area contributed by atoms with Gasteiger partial charge in [-0.15, -0.1) is 0 Å². The molecule has 0 spiro atoms. The molecule has 5 heteroatoms. The number of hydrogen-bond acceptors (Lipinski definition) is 4. The highest BCUT2D eigenvalue weighted by Crippen LogP contribution is 2.35. The number of anilines is 1. The molecule has 2 aromatic carbocycles. The predicted octanol–water partition coefficient (Wildman–Crippen LogP) is 3.99. The molecular weight excluding hydrogens is 376 g/mol. The summed E-state index contributed by atoms with van der Waals surface area (Å²) in [4.78, 5) is 30.0. The van der Waals surface area contributed by atoms with Crippen LogP contribution in [0.3, 0.4) is 0 Å². The first-order valence-electron chi connectivity index (χ1n) is 10.7. The average Bonchev–Trinajstić information content (AvgIpc) is 2.78. The molecule has 1 saturated heterocycles. The minimum absolute atomic E-state index is 0.0557. The first kappa shape index (κ1) is 22.0. The lowest BCUT2D eigenvalue weighted by Gasteiger charge is -2.46. The Balaban J connectivity index is 1.78. The van der Waals surface area contributed by atoms with Crippen LogP contribution < -0.4 is 4.90 Å². The van der Waals surface area contributed by atoms with E-state index in [9.17, 15) is 9.59 Å². The van der Waals surface area contributed by atoms with E-state index < -0.39 is 5.54 Å². The van der Waals surface area contributed by atoms with Gasteiger partial charge in [0.15, 0.2) is 0 Å². The normalized spacial score (nSPS) is 16.1. The SMILES string of the molecule is CCC(=O)N(c1ccccc1)C1(C(=O)OC)CCN(CCc2cccc(C)c2)CC1. The molecule has 0 radical (unpaired) electrons. The quantitative estimate of drug-likeness (QED) is 0.650. The van der Waals surface area contributed by atoms with E-state index in [1.54, 1.807) is 4.90 Å². The zero-order chi connectivity index (χ0) is 21.6. The molecule has 0 bridgehead atoms. The van der Waals surface area contributed by atoms with Crippen molar-refractivity contribution in [2.75, 3.05) is 31.6 Å². The second-order valence-corrected chi connectivity index (χ2v) is 8.02. The molecule has 30 heavy (non-hydrogen) atoms. The predicted molar refractivity (Wildman–Crippen MR) is 120 cm³/mol. The fourth-order valence-corrected chi connectivity index (χ4v) is 4.38. The molecule has 1 amide bonds. The minimum atomic E-state index is -0.955. The zero-order valence-electron chi connectivity index (χ0n) is 18.3. The molecule has 5 nitrogen and oxygen atoms in total. The van der Waals surface area contributed by atoms with Crippen LogP contribution in [-0.2, 0) is 20.7 Å². The van der Waals surface area contributed by atoms with Crippen molar-refractivity contribution in [3.05, 3.63) is 65.7 Å². The van der Waals surface area contributed by atoms with Gasteiger partial charge in [-0.2, -0.15) is 0 Å². The summed E-state index contributed by atoms with van der Waals surface area (Å²) in [5, 5.41) is 0. The molecule has 1 aliphatic rings. The Morgan fingerprint density at radius 2 is 1.77 bits per heavy atom. The maximum Gasteiger partial charge on any atom is 0.332 e. The van der Waals surface area contributed by atoms with E-state index in [0.29, 0.717) is 19.3 Å². The van der Waals surface area contributed by atoms with Crippen molar-refractivity contribution in [2.45, 2.75) is 45.1 Å². The number of amides is 1. The van der Waals surface area contributed by atoms with E-state index in [0.717, 1.165) is 31.7 Å². The standard InChI is InChI=1S/C25H32N2O3/c1-4-23(28)27(22-11-6-5-7-12-22)25(24(29)30-3)14-17-26(18-15-25)16-13-21-10-8-9-20(2)19-21/h5-12,19H,4,13-18H2,1-3H3. The smallest absolute Gasteiger partial charge is 0.332 e. The van der Waals surface area contributed by atoms with Gasteiger partial charge in [0.05, 0.1) is 7.11 Å². The summed E-state index contributed by atoms with van der Waals surface area (Å²) in [5.74, 6) is -0.383. The number of esters is 1. The summed E-state index contributed by atoms with van der Waals surface area (Å²) in [6, 6.07) is 18.1. The fraction of sp³-hybridized carbons (Fsp3) is 0.440. The van der Waals surface area contributed by atoms with Crippen molar-refractivity contribution < 1.29 is 14.3 Å². The molecule has 2 aromatic rings. The Bertz CT molecular complexity index is 858. The van der Waals surface area contributed by atoms with Gasteiger partial charge in [-0.3, -0.25) is 9.69 Å². The summed E-state index contributed by atoms with van der Waals surface area (Å²) in [6.45, 7) is 6.38. The number of piperidine rings is 1. The minimum Gasteiger partial charge on any atom is -0.467 e. The Morgan fingerprint density at radius 3 is 2.37 bits per heavy atom. The van der Waals surface area contributed by atoms with E-state index in [4.69, 9.17) is 4.74 Å². The van der Waals surface area contributed by atoms with Crippen molar-refractivity contribution in [3.63, 3.8) is 0 Å². The highest BCUT2D eigenvalue weighted by molar-refractivity contribution is 6.02. The van der Waals surface area contributed by atoms with Crippen molar-refractivity contribution in [3.8, 4) is 0 Å². The number of methoxy groups -OCH3 is 1. The molecule has 0 N–H and O–H groups in total. The van der Waals surface area contributed by atoms with Gasteiger partial charge < -0.3 is 9.64 Å². The Hall–Kier alpha value is -2.66. The van der Waals surface area contributed by atoms with Gasteiger partial charge in [0, 0.05) is 31.7 Å². The summed E-state index contributed by atoms with van der Waals surface area (Å²) in [6.07, 6.45) is 2.44. The Kier molecular flexibility index (Phi) is 7.27. The number of hydrogen-bond donors (Lipinski definition) is 0. The molecule has 3 rings (SSSR count). The molecule has 0 aliphatic carbocycles. The number of likely N-dealkylation sites (tertiary alicyclic amines) is 1. The van der Waals surface area contributed by atoms with Crippen LogP contribution in [0.1, 0.15) is 37.3 Å². The van der Waals surface area contributed by atoms with Crippen molar-refractivity contribution >= 4 is 17.6 Å². The molecule has 0 saturated carbocycles. The van der Waals surface area contributed by atoms with Gasteiger partial charge in [0.25, 0.3) is 0 Å². The number of rotatable bonds is 7. The molecule has 1 heterocycles. The third kappa shape index (κ3) is 4.73. The van der Waals surface area contributed by atoms with Gasteiger partial charge in [-0.1, -0.05) is 55.0 Å². The highest BCUT2D eigenvalue weighted by Gasteiger charge is 2.49. The highest BCUT2D eigenvalue weighted by atomic mass is 16.5. The van der Waals surface area contributed by atoms with E-state index in [-0.39, 0.29) is 11.9 Å². The van der Waals surface area contributed by atoms with Crippen LogP contribution in [-0.4, -0.2) is 49.1 Å². The van der Waals surface area contributed by atoms with Crippen LogP contribution in [0.5, 0.6) is 0 Å². The summed E-state index contributed by atoms with van der Waals surface area (Å²) < 4.78 is 5.22. The van der Waals surface area contributed by atoms with Crippen LogP contribution >= 0.6 is 0 Å². The average molecular weight is 409 g/mol. The first-order chi connectivity index (χ1) is 14.5. The van der Waals surface area contributed by atoms with Gasteiger partial charge >= 0.3 is 5.97 Å². The van der Waals surface area contributed by atoms with Crippen LogP contribution in [0, 0.1) is 6.92 Å². The number of para-hydroxylation sites is 1. The third-order valence-corrected chi connectivity index (χ3v) is 6.04. The van der Waals surface area contributed by atoms with Crippen LogP contribution in [0.4, 0.5) is 5.69 Å². The lowest BCUT2D eigenvalue weighted by Crippen LogP contribution is -2.62. The number of nitrogens with zero attached hydrogens (tertiary/aromatic N) is 2. The molecule has 1 fully saturated rings. The number of carbonyl (C=O) groups excluding carboxylic acids is 2. The van der Waals surface area contributed by atoms with Gasteiger partial charge in [0.2, 0.25) is 5.91 Å². The summed E-state index contributed by atoms with van der Waals surface area (Å²) >= 11 is 0. The second-order valence-electron chi connectivity index (χ2n) is 8.02. The van der Waals surface area contributed by atoms with E-state index in [1.165, 1.54) is 18.2 Å². The summed E-state index contributed by atoms with van der Waals surface area (Å²) in [5.41, 5.74) is 2.39. The fourth-order valence-electron chi connectivity index (χ4n) is 4.38. The number of carbonyl (C=O) groups is 2. The molecule has 160 valence electrons. The van der Waals surface area contributed by atoms with Crippen LogP contribution in [0.15, 0.2) is 54.6 Å². The van der Waals surface area contributed by atoms with Gasteiger partial charge in [-0.25, -0.2) is 4.79 Å². The maximum atomic E-state index is 13.0. The molecule has 0 atom stereocenters. The van der Waals surface area contributed by atoms with Gasteiger partial charge in [-0.05, 0) is 43.9 Å². The Labute approximate surface area is 179 Å². The van der Waals surface area contributed by atoms with Crippen molar-refractivity contribution in [1.29, 1.82) is 0 Å². The molecule has 1 aliphatic heterocycles. The van der Waals surface area contributed by atoms with Gasteiger partial charge in [0.1, 0.15) is 5.54 Å². The third-order valence-electron chi connectivity index (χ3n) is 6.04. The van der Waals surface area contributed by atoms with Crippen molar-refractivity contribution in [1.82, 2.24) is 4.90 Å². The largest absolute Gasteiger partial charge is 0.467 e. The number of aryl methyl sites for hydroxylation is 1. The molecule has 0 aromatic heterocycles. The van der Waals surface area contributed by atoms with E-state index >= 15 is 0 Å². The molecular formula is C25H32N2O3. The zero-order valence-corrected chi connectivity index (χ0v) is 18.3. The molecule has 0 unspecified atom stereocenters. The number of ether oxygens (including phenoxy) is 1. The maximum absolute atomic E-state index is 13.0. The van der Waals surface area contributed by atoms with Crippen LogP contribution in [0.2, 0.25) is 0 Å².